The smallest absolute Gasteiger partial charge is 0.294 e. The first-order valence-electron chi connectivity index (χ1n) is 9.08. The number of benzene rings is 1. The number of hydrogen-bond acceptors (Lipinski definition) is 5. The zero-order valence-corrected chi connectivity index (χ0v) is 17.5. The molecule has 0 N–H and O–H groups in total. The topological polar surface area (TPSA) is 79.6 Å². The second kappa shape index (κ2) is 8.80. The van der Waals surface area contributed by atoms with Crippen molar-refractivity contribution in [3.8, 4) is 0 Å². The maximum atomic E-state index is 12.8. The summed E-state index contributed by atoms with van der Waals surface area (Å²) in [6.07, 6.45) is 1.60. The standard InChI is InChI=1S/C20H20Cl2N4O3/c1-3-25(12-13-8-9-17(22)23-11-13)20-19(26(28)29)15(10-18(27)24(20)2)14-6-4-5-7-16(14)21/h4-9,11,15H,3,10,12H2,1-2H3. The molecule has 3 rings (SSSR count). The van der Waals surface area contributed by atoms with Gasteiger partial charge in [-0.15, -0.1) is 0 Å². The van der Waals surface area contributed by atoms with Gasteiger partial charge in [0.05, 0.1) is 10.8 Å². The van der Waals surface area contributed by atoms with Crippen LogP contribution >= 0.6 is 23.2 Å². The third-order valence-corrected chi connectivity index (χ3v) is 5.52. The van der Waals surface area contributed by atoms with Gasteiger partial charge in [0, 0.05) is 37.8 Å². The molecule has 7 nitrogen and oxygen atoms in total. The van der Waals surface area contributed by atoms with E-state index in [1.165, 1.54) is 4.90 Å². The number of nitro groups is 1. The minimum Gasteiger partial charge on any atom is -0.348 e. The van der Waals surface area contributed by atoms with Crippen LogP contribution in [0.2, 0.25) is 10.2 Å². The average molecular weight is 435 g/mol. The lowest BCUT2D eigenvalue weighted by molar-refractivity contribution is -0.434. The van der Waals surface area contributed by atoms with Crippen molar-refractivity contribution in [2.75, 3.05) is 13.6 Å². The lowest BCUT2D eigenvalue weighted by Gasteiger charge is -2.36. The summed E-state index contributed by atoms with van der Waals surface area (Å²) in [5.74, 6) is -0.661. The van der Waals surface area contributed by atoms with Crippen LogP contribution in [0.4, 0.5) is 0 Å². The average Bonchev–Trinajstić information content (AvgIpc) is 2.69. The second-order valence-electron chi connectivity index (χ2n) is 6.70. The van der Waals surface area contributed by atoms with E-state index in [1.807, 2.05) is 6.92 Å². The van der Waals surface area contributed by atoms with Crippen molar-refractivity contribution in [3.63, 3.8) is 0 Å². The first-order valence-corrected chi connectivity index (χ1v) is 9.84. The third kappa shape index (κ3) is 4.36. The molecule has 2 aromatic rings. The number of aromatic nitrogens is 1. The molecule has 0 aliphatic carbocycles. The summed E-state index contributed by atoms with van der Waals surface area (Å²) in [7, 11) is 1.56. The summed E-state index contributed by atoms with van der Waals surface area (Å²) >= 11 is 12.2. The Labute approximate surface area is 178 Å². The second-order valence-corrected chi connectivity index (χ2v) is 7.49. The number of nitrogens with zero attached hydrogens (tertiary/aromatic N) is 4. The number of amides is 1. The van der Waals surface area contributed by atoms with Crippen LogP contribution in [0.5, 0.6) is 0 Å². The molecule has 1 aliphatic heterocycles. The van der Waals surface area contributed by atoms with E-state index < -0.39 is 10.8 Å². The minimum absolute atomic E-state index is 0.0138. The Kier molecular flexibility index (Phi) is 6.39. The van der Waals surface area contributed by atoms with E-state index in [2.05, 4.69) is 4.98 Å². The Balaban J connectivity index is 2.12. The van der Waals surface area contributed by atoms with Gasteiger partial charge in [0.1, 0.15) is 5.15 Å². The molecule has 152 valence electrons. The van der Waals surface area contributed by atoms with E-state index in [0.29, 0.717) is 28.8 Å². The Morgan fingerprint density at radius 3 is 2.59 bits per heavy atom. The molecule has 0 radical (unpaired) electrons. The molecule has 0 fully saturated rings. The molecule has 1 amide bonds. The fraction of sp³-hybridized carbons (Fsp3) is 0.300. The van der Waals surface area contributed by atoms with E-state index in [0.717, 1.165) is 5.56 Å². The fourth-order valence-corrected chi connectivity index (χ4v) is 3.89. The minimum atomic E-state index is -0.727. The van der Waals surface area contributed by atoms with Gasteiger partial charge in [-0.3, -0.25) is 19.8 Å². The van der Waals surface area contributed by atoms with Crippen LogP contribution in [-0.2, 0) is 11.3 Å². The highest BCUT2D eigenvalue weighted by atomic mass is 35.5. The van der Waals surface area contributed by atoms with Crippen LogP contribution in [-0.4, -0.2) is 39.2 Å². The highest BCUT2D eigenvalue weighted by Crippen LogP contribution is 2.40. The number of carbonyl (C=O) groups excluding carboxylic acids is 1. The first kappa shape index (κ1) is 21.1. The van der Waals surface area contributed by atoms with Gasteiger partial charge < -0.3 is 4.90 Å². The lowest BCUT2D eigenvalue weighted by Crippen LogP contribution is -2.43. The van der Waals surface area contributed by atoms with Gasteiger partial charge in [-0.05, 0) is 30.2 Å². The molecule has 1 aromatic heterocycles. The highest BCUT2D eigenvalue weighted by molar-refractivity contribution is 6.31. The van der Waals surface area contributed by atoms with Crippen LogP contribution in [0.1, 0.15) is 30.4 Å². The zero-order chi connectivity index (χ0) is 21.1. The van der Waals surface area contributed by atoms with Gasteiger partial charge in [-0.25, -0.2) is 4.98 Å². The van der Waals surface area contributed by atoms with Crippen molar-refractivity contribution in [2.24, 2.45) is 0 Å². The summed E-state index contributed by atoms with van der Waals surface area (Å²) in [5, 5.41) is 12.9. The van der Waals surface area contributed by atoms with E-state index >= 15 is 0 Å². The van der Waals surface area contributed by atoms with Gasteiger partial charge in [0.25, 0.3) is 5.70 Å². The Hall–Kier alpha value is -2.64. The van der Waals surface area contributed by atoms with Crippen molar-refractivity contribution in [3.05, 3.63) is 85.5 Å². The molecule has 1 aromatic carbocycles. The predicted molar refractivity (Wildman–Crippen MR) is 111 cm³/mol. The number of carbonyl (C=O) groups is 1. The number of allylic oxidation sites excluding steroid dienone is 1. The lowest BCUT2D eigenvalue weighted by atomic mass is 9.89. The van der Waals surface area contributed by atoms with Crippen LogP contribution in [0.25, 0.3) is 0 Å². The fourth-order valence-electron chi connectivity index (χ4n) is 3.51. The van der Waals surface area contributed by atoms with E-state index in [1.54, 1.807) is 54.5 Å². The third-order valence-electron chi connectivity index (χ3n) is 4.95. The van der Waals surface area contributed by atoms with Gasteiger partial charge >= 0.3 is 0 Å². The maximum Gasteiger partial charge on any atom is 0.294 e. The summed E-state index contributed by atoms with van der Waals surface area (Å²) in [6.45, 7) is 2.69. The summed E-state index contributed by atoms with van der Waals surface area (Å²) in [6, 6.07) is 10.4. The van der Waals surface area contributed by atoms with Gasteiger partial charge in [-0.1, -0.05) is 47.5 Å². The van der Waals surface area contributed by atoms with E-state index in [9.17, 15) is 14.9 Å². The SMILES string of the molecule is CCN(Cc1ccc(Cl)nc1)C1=C([N+](=O)[O-])C(c2ccccc2Cl)CC(=O)N1C. The van der Waals surface area contributed by atoms with Crippen molar-refractivity contribution in [1.82, 2.24) is 14.8 Å². The Bertz CT molecular complexity index is 962. The van der Waals surface area contributed by atoms with Crippen LogP contribution < -0.4 is 0 Å². The van der Waals surface area contributed by atoms with Crippen molar-refractivity contribution in [1.29, 1.82) is 0 Å². The predicted octanol–water partition coefficient (Wildman–Crippen LogP) is 4.30. The maximum absolute atomic E-state index is 12.8. The van der Waals surface area contributed by atoms with Gasteiger partial charge in [0.2, 0.25) is 5.91 Å². The van der Waals surface area contributed by atoms with Crippen molar-refractivity contribution < 1.29 is 9.72 Å². The molecule has 9 heteroatoms. The molecule has 1 aliphatic rings. The van der Waals surface area contributed by atoms with Gasteiger partial charge in [-0.2, -0.15) is 0 Å². The molecule has 1 unspecified atom stereocenters. The van der Waals surface area contributed by atoms with Crippen molar-refractivity contribution in [2.45, 2.75) is 25.8 Å². The number of pyridine rings is 1. The molecule has 29 heavy (non-hydrogen) atoms. The number of halogens is 2. The monoisotopic (exact) mass is 434 g/mol. The Morgan fingerprint density at radius 2 is 2.00 bits per heavy atom. The number of hydrogen-bond donors (Lipinski definition) is 0. The molecular weight excluding hydrogens is 415 g/mol. The molecular formula is C20H20Cl2N4O3. The normalized spacial score (nSPS) is 16.9. The highest BCUT2D eigenvalue weighted by Gasteiger charge is 2.43. The summed E-state index contributed by atoms with van der Waals surface area (Å²) in [5.41, 5.74) is 1.36. The molecule has 0 spiro atoms. The number of rotatable bonds is 6. The molecule has 0 saturated heterocycles. The summed E-state index contributed by atoms with van der Waals surface area (Å²) < 4.78 is 0. The quantitative estimate of drug-likeness (QED) is 0.384. The zero-order valence-electron chi connectivity index (χ0n) is 16.0. The van der Waals surface area contributed by atoms with Gasteiger partial charge in [0.15, 0.2) is 5.82 Å². The first-order chi connectivity index (χ1) is 13.8. The van der Waals surface area contributed by atoms with Crippen molar-refractivity contribution >= 4 is 29.1 Å². The van der Waals surface area contributed by atoms with Crippen LogP contribution in [0.3, 0.4) is 0 Å². The molecule has 1 atom stereocenters. The van der Waals surface area contributed by atoms with Crippen LogP contribution in [0.15, 0.2) is 54.1 Å². The molecule has 2 heterocycles. The van der Waals surface area contributed by atoms with Crippen LogP contribution in [0, 0.1) is 10.1 Å². The Morgan fingerprint density at radius 1 is 1.28 bits per heavy atom. The van der Waals surface area contributed by atoms with E-state index in [-0.39, 0.29) is 23.8 Å². The largest absolute Gasteiger partial charge is 0.348 e. The van der Waals surface area contributed by atoms with E-state index in [4.69, 9.17) is 23.2 Å². The molecule has 0 saturated carbocycles. The molecule has 0 bridgehead atoms. The summed E-state index contributed by atoms with van der Waals surface area (Å²) in [4.78, 5) is 31.7.